The summed E-state index contributed by atoms with van der Waals surface area (Å²) in [7, 11) is -3.87. The van der Waals surface area contributed by atoms with Crippen molar-refractivity contribution in [2.45, 2.75) is 31.4 Å². The van der Waals surface area contributed by atoms with E-state index in [4.69, 9.17) is 0 Å². The third kappa shape index (κ3) is 5.28. The van der Waals surface area contributed by atoms with Crippen molar-refractivity contribution in [1.29, 1.82) is 0 Å². The van der Waals surface area contributed by atoms with E-state index in [1.54, 1.807) is 12.1 Å². The first-order chi connectivity index (χ1) is 13.1. The standard InChI is InChI=1S/C19H20F4N2O2S.ClH/c1-2-28(26,27)25-18-16(24-11-19(18,22)23)10-13-6-4-8-15(17(13)21)12-5-3-7-14(20)9-12;/h3-9,16,18,24-25H,2,10-11H2,1H3;1H/t16-,18+;/m0./s1. The Balaban J connectivity index is 0.00000300. The van der Waals surface area contributed by atoms with E-state index in [-0.39, 0.29) is 35.7 Å². The number of rotatable bonds is 6. The van der Waals surface area contributed by atoms with Gasteiger partial charge in [0.2, 0.25) is 10.0 Å². The summed E-state index contributed by atoms with van der Waals surface area (Å²) < 4.78 is 82.5. The lowest BCUT2D eigenvalue weighted by molar-refractivity contribution is -0.000880. The van der Waals surface area contributed by atoms with Gasteiger partial charge in [-0.15, -0.1) is 12.4 Å². The van der Waals surface area contributed by atoms with Crippen LogP contribution in [0.15, 0.2) is 42.5 Å². The molecule has 160 valence electrons. The van der Waals surface area contributed by atoms with Crippen LogP contribution in [-0.2, 0) is 16.4 Å². The lowest BCUT2D eigenvalue weighted by Gasteiger charge is -2.24. The van der Waals surface area contributed by atoms with Crippen molar-refractivity contribution in [3.63, 3.8) is 0 Å². The Kier molecular flexibility index (Phi) is 7.32. The highest BCUT2D eigenvalue weighted by Gasteiger charge is 2.51. The third-order valence-electron chi connectivity index (χ3n) is 4.80. The Morgan fingerprint density at radius 2 is 1.86 bits per heavy atom. The molecular weight excluding hydrogens is 432 g/mol. The highest BCUT2D eigenvalue weighted by molar-refractivity contribution is 7.89. The molecule has 1 aliphatic rings. The maximum Gasteiger partial charge on any atom is 0.277 e. The molecule has 0 unspecified atom stereocenters. The number of sulfonamides is 1. The van der Waals surface area contributed by atoms with E-state index >= 15 is 0 Å². The zero-order valence-corrected chi connectivity index (χ0v) is 17.1. The average molecular weight is 453 g/mol. The number of halogens is 5. The lowest BCUT2D eigenvalue weighted by Crippen LogP contribution is -2.51. The van der Waals surface area contributed by atoms with Crippen LogP contribution in [0.5, 0.6) is 0 Å². The van der Waals surface area contributed by atoms with Gasteiger partial charge in [-0.1, -0.05) is 30.3 Å². The van der Waals surface area contributed by atoms with Gasteiger partial charge in [-0.05, 0) is 36.6 Å². The van der Waals surface area contributed by atoms with Gasteiger partial charge in [-0.25, -0.2) is 30.7 Å². The molecule has 0 amide bonds. The maximum absolute atomic E-state index is 15.0. The third-order valence-corrected chi connectivity index (χ3v) is 6.17. The topological polar surface area (TPSA) is 58.2 Å². The van der Waals surface area contributed by atoms with Crippen LogP contribution in [0.2, 0.25) is 0 Å². The molecule has 1 heterocycles. The first kappa shape index (κ1) is 23.6. The SMILES string of the molecule is CCS(=O)(=O)N[C@@H]1[C@H](Cc2cccc(-c3cccc(F)c3)c2F)NCC1(F)F.Cl. The van der Waals surface area contributed by atoms with Crippen LogP contribution in [0.4, 0.5) is 17.6 Å². The molecule has 3 rings (SSSR count). The van der Waals surface area contributed by atoms with Gasteiger partial charge in [-0.3, -0.25) is 0 Å². The molecule has 2 aromatic rings. The highest BCUT2D eigenvalue weighted by Crippen LogP contribution is 2.31. The van der Waals surface area contributed by atoms with E-state index < -0.39 is 46.2 Å². The Bertz CT molecular complexity index is 972. The fraction of sp³-hybridized carbons (Fsp3) is 0.368. The summed E-state index contributed by atoms with van der Waals surface area (Å²) in [5.74, 6) is -4.81. The van der Waals surface area contributed by atoms with Crippen LogP contribution in [0.1, 0.15) is 12.5 Å². The smallest absolute Gasteiger partial charge is 0.277 e. The summed E-state index contributed by atoms with van der Waals surface area (Å²) >= 11 is 0. The highest BCUT2D eigenvalue weighted by atomic mass is 35.5. The lowest BCUT2D eigenvalue weighted by atomic mass is 9.95. The van der Waals surface area contributed by atoms with Gasteiger partial charge in [0.05, 0.1) is 12.3 Å². The van der Waals surface area contributed by atoms with E-state index in [0.29, 0.717) is 5.56 Å². The molecule has 0 radical (unpaired) electrons. The minimum Gasteiger partial charge on any atom is -0.306 e. The second kappa shape index (κ2) is 8.99. The van der Waals surface area contributed by atoms with Gasteiger partial charge < -0.3 is 5.32 Å². The number of nitrogens with one attached hydrogen (secondary N) is 2. The van der Waals surface area contributed by atoms with Gasteiger partial charge in [-0.2, -0.15) is 0 Å². The molecule has 0 saturated carbocycles. The molecule has 1 fully saturated rings. The van der Waals surface area contributed by atoms with E-state index in [0.717, 1.165) is 0 Å². The predicted molar refractivity (Wildman–Crippen MR) is 106 cm³/mol. The van der Waals surface area contributed by atoms with E-state index in [9.17, 15) is 26.0 Å². The first-order valence-corrected chi connectivity index (χ1v) is 10.4. The van der Waals surface area contributed by atoms with Crippen LogP contribution >= 0.6 is 12.4 Å². The molecule has 1 saturated heterocycles. The Morgan fingerprint density at radius 3 is 2.52 bits per heavy atom. The van der Waals surface area contributed by atoms with E-state index in [2.05, 4.69) is 5.32 Å². The molecule has 0 aromatic heterocycles. The Labute approximate surface area is 173 Å². The molecule has 0 bridgehead atoms. The van der Waals surface area contributed by atoms with Gasteiger partial charge in [0.15, 0.2) is 0 Å². The van der Waals surface area contributed by atoms with Crippen molar-refractivity contribution in [3.8, 4) is 11.1 Å². The van der Waals surface area contributed by atoms with Crippen LogP contribution in [0.25, 0.3) is 11.1 Å². The van der Waals surface area contributed by atoms with Crippen molar-refractivity contribution in [2.75, 3.05) is 12.3 Å². The monoisotopic (exact) mass is 452 g/mol. The summed E-state index contributed by atoms with van der Waals surface area (Å²) in [5.41, 5.74) is 0.609. The van der Waals surface area contributed by atoms with Crippen LogP contribution in [0, 0.1) is 11.6 Å². The molecule has 1 aliphatic heterocycles. The quantitative estimate of drug-likeness (QED) is 0.659. The summed E-state index contributed by atoms with van der Waals surface area (Å²) in [6, 6.07) is 7.21. The minimum absolute atomic E-state index is 0. The number of alkyl halides is 2. The van der Waals surface area contributed by atoms with Gasteiger partial charge >= 0.3 is 0 Å². The second-order valence-corrected chi connectivity index (χ2v) is 8.78. The average Bonchev–Trinajstić information content (AvgIpc) is 2.91. The number of hydrogen-bond donors (Lipinski definition) is 2. The van der Waals surface area contributed by atoms with Crippen molar-refractivity contribution >= 4 is 22.4 Å². The largest absolute Gasteiger partial charge is 0.306 e. The fourth-order valence-corrected chi connectivity index (χ4v) is 4.17. The zero-order valence-electron chi connectivity index (χ0n) is 15.5. The minimum atomic E-state index is -3.87. The van der Waals surface area contributed by atoms with Crippen molar-refractivity contribution in [2.24, 2.45) is 0 Å². The normalized spacial score (nSPS) is 21.0. The van der Waals surface area contributed by atoms with Crippen LogP contribution in [0.3, 0.4) is 0 Å². The van der Waals surface area contributed by atoms with E-state index in [1.807, 2.05) is 4.72 Å². The fourth-order valence-electron chi connectivity index (χ4n) is 3.28. The molecule has 2 N–H and O–H groups in total. The first-order valence-electron chi connectivity index (χ1n) is 8.77. The van der Waals surface area contributed by atoms with Gasteiger partial charge in [0.1, 0.15) is 17.7 Å². The van der Waals surface area contributed by atoms with Gasteiger partial charge in [0.25, 0.3) is 5.92 Å². The number of benzene rings is 2. The molecule has 0 aliphatic carbocycles. The van der Waals surface area contributed by atoms with Crippen LogP contribution < -0.4 is 10.0 Å². The molecule has 29 heavy (non-hydrogen) atoms. The Morgan fingerprint density at radius 1 is 1.17 bits per heavy atom. The predicted octanol–water partition coefficient (Wildman–Crippen LogP) is 3.51. The molecule has 2 aromatic carbocycles. The summed E-state index contributed by atoms with van der Waals surface area (Å²) in [4.78, 5) is 0. The molecular formula is C19H21ClF4N2O2S. The zero-order chi connectivity index (χ0) is 20.5. The number of hydrogen-bond acceptors (Lipinski definition) is 3. The second-order valence-electron chi connectivity index (χ2n) is 6.74. The van der Waals surface area contributed by atoms with Crippen molar-refractivity contribution in [1.82, 2.24) is 10.0 Å². The molecule has 4 nitrogen and oxygen atoms in total. The summed E-state index contributed by atoms with van der Waals surface area (Å²) in [5, 5.41) is 2.58. The molecule has 2 atom stereocenters. The van der Waals surface area contributed by atoms with E-state index in [1.165, 1.54) is 37.3 Å². The summed E-state index contributed by atoms with van der Waals surface area (Å²) in [6.45, 7) is 0.639. The molecule has 0 spiro atoms. The molecule has 10 heteroatoms. The van der Waals surface area contributed by atoms with Crippen molar-refractivity contribution < 1.29 is 26.0 Å². The Hall–Kier alpha value is -1.68. The van der Waals surface area contributed by atoms with Crippen LogP contribution in [-0.4, -0.2) is 38.7 Å². The maximum atomic E-state index is 15.0. The summed E-state index contributed by atoms with van der Waals surface area (Å²) in [6.07, 6.45) is -0.151. The van der Waals surface area contributed by atoms with Crippen molar-refractivity contribution in [3.05, 3.63) is 59.7 Å². The van der Waals surface area contributed by atoms with Gasteiger partial charge in [0, 0.05) is 11.6 Å².